The van der Waals surface area contributed by atoms with Crippen molar-refractivity contribution >= 4 is 51.8 Å². The molecule has 0 unspecified atom stereocenters. The predicted octanol–water partition coefficient (Wildman–Crippen LogP) is 5.83. The quantitative estimate of drug-likeness (QED) is 0.311. The highest BCUT2D eigenvalue weighted by molar-refractivity contribution is 6.98. The monoisotopic (exact) mass is 458 g/mol. The van der Waals surface area contributed by atoms with E-state index in [9.17, 15) is 0 Å². The first kappa shape index (κ1) is 20.6. The molecule has 4 aromatic carbocycles. The fraction of sp³-hybridized carbons (Fsp3) is 0. The number of anilines is 3. The number of rotatable bonds is 4. The number of hydrogen-bond donors (Lipinski definition) is 0. The van der Waals surface area contributed by atoms with Crippen LogP contribution in [0.15, 0.2) is 122 Å². The van der Waals surface area contributed by atoms with Crippen molar-refractivity contribution in [3.63, 3.8) is 0 Å². The van der Waals surface area contributed by atoms with Gasteiger partial charge >= 0.3 is 0 Å². The second kappa shape index (κ2) is 8.73. The van der Waals surface area contributed by atoms with Gasteiger partial charge in [0.2, 0.25) is 0 Å². The van der Waals surface area contributed by atoms with Crippen LogP contribution in [0.25, 0.3) is 0 Å². The third kappa shape index (κ3) is 3.53. The number of para-hydroxylation sites is 3. The van der Waals surface area contributed by atoms with Crippen molar-refractivity contribution in [3.05, 3.63) is 127 Å². The van der Waals surface area contributed by atoms with E-state index in [4.69, 9.17) is 16.3 Å². The minimum atomic E-state index is -0.0416. The number of benzene rings is 4. The minimum Gasteiger partial charge on any atom is -0.458 e. The molecule has 0 fully saturated rings. The normalized spacial score (nSPS) is 11.9. The van der Waals surface area contributed by atoms with Crippen molar-refractivity contribution < 1.29 is 4.74 Å². The lowest BCUT2D eigenvalue weighted by molar-refractivity contribution is 0.487. The number of halogens is 1. The summed E-state index contributed by atoms with van der Waals surface area (Å²) in [5, 5.41) is 0.701. The van der Waals surface area contributed by atoms with Crippen LogP contribution in [-0.2, 0) is 0 Å². The molecule has 0 radical (unpaired) electrons. The average molecular weight is 459 g/mol. The van der Waals surface area contributed by atoms with Crippen LogP contribution in [0.4, 0.5) is 17.1 Å². The van der Waals surface area contributed by atoms with E-state index in [1.54, 1.807) is 6.20 Å². The maximum absolute atomic E-state index is 7.27. The zero-order valence-corrected chi connectivity index (χ0v) is 19.1. The van der Waals surface area contributed by atoms with Gasteiger partial charge in [0.1, 0.15) is 11.5 Å². The smallest absolute Gasteiger partial charge is 0.252 e. The van der Waals surface area contributed by atoms with Crippen LogP contribution in [-0.4, -0.2) is 11.7 Å². The fourth-order valence-electron chi connectivity index (χ4n) is 4.67. The van der Waals surface area contributed by atoms with Crippen LogP contribution >= 0.6 is 11.6 Å². The first-order chi connectivity index (χ1) is 16.8. The lowest BCUT2D eigenvalue weighted by Crippen LogP contribution is -2.55. The van der Waals surface area contributed by atoms with Crippen molar-refractivity contribution in [2.45, 2.75) is 0 Å². The van der Waals surface area contributed by atoms with Gasteiger partial charge < -0.3 is 9.64 Å². The third-order valence-corrected chi connectivity index (χ3v) is 6.57. The molecule has 3 nitrogen and oxygen atoms in total. The highest BCUT2D eigenvalue weighted by Crippen LogP contribution is 2.38. The van der Waals surface area contributed by atoms with E-state index in [0.29, 0.717) is 5.02 Å². The van der Waals surface area contributed by atoms with Gasteiger partial charge in [-0.2, -0.15) is 0 Å². The topological polar surface area (TPSA) is 25.4 Å². The molecule has 1 aliphatic rings. The molecule has 162 valence electrons. The molecule has 0 saturated carbocycles. The Morgan fingerprint density at radius 2 is 1.24 bits per heavy atom. The van der Waals surface area contributed by atoms with Gasteiger partial charge in [-0.25, -0.2) is 0 Å². The van der Waals surface area contributed by atoms with E-state index in [-0.39, 0.29) is 6.71 Å². The molecule has 0 spiro atoms. The van der Waals surface area contributed by atoms with Crippen molar-refractivity contribution in [2.24, 2.45) is 0 Å². The Bertz CT molecular complexity index is 1370. The molecule has 0 bridgehead atoms. The number of fused-ring (bicyclic) bond motifs is 2. The van der Waals surface area contributed by atoms with Gasteiger partial charge in [-0.05, 0) is 58.9 Å². The summed E-state index contributed by atoms with van der Waals surface area (Å²) in [5.41, 5.74) is 6.11. The minimum absolute atomic E-state index is 0.0416. The summed E-state index contributed by atoms with van der Waals surface area (Å²) in [6.45, 7) is -0.0416. The number of hydrogen-bond acceptors (Lipinski definition) is 3. The summed E-state index contributed by atoms with van der Waals surface area (Å²) in [5.74, 6) is 1.72. The van der Waals surface area contributed by atoms with Gasteiger partial charge in [0.25, 0.3) is 6.71 Å². The highest BCUT2D eigenvalue weighted by Gasteiger charge is 2.34. The molecule has 1 aliphatic heterocycles. The average Bonchev–Trinajstić information content (AvgIpc) is 2.90. The molecule has 0 amide bonds. The Morgan fingerprint density at radius 1 is 0.618 bits per heavy atom. The Labute approximate surface area is 204 Å². The summed E-state index contributed by atoms with van der Waals surface area (Å²) >= 11 is 7.27. The van der Waals surface area contributed by atoms with Crippen LogP contribution in [0, 0.1) is 0 Å². The largest absolute Gasteiger partial charge is 0.458 e. The van der Waals surface area contributed by atoms with Gasteiger partial charge in [0.05, 0.1) is 22.6 Å². The second-order valence-electron chi connectivity index (χ2n) is 8.17. The van der Waals surface area contributed by atoms with Gasteiger partial charge in [-0.15, -0.1) is 0 Å². The molecule has 2 heterocycles. The molecular weight excluding hydrogens is 439 g/mol. The summed E-state index contributed by atoms with van der Waals surface area (Å²) in [6.07, 6.45) is 3.63. The van der Waals surface area contributed by atoms with Gasteiger partial charge in [-0.1, -0.05) is 78.3 Å². The Hall–Kier alpha value is -4.02. The standard InChI is InChI=1S/C29H20BClN2O/c31-29-25(30-23-13-4-6-17-27(23)34-28-18-7-5-14-24(28)30)15-8-16-26(29)33(21-10-2-1-3-11-21)22-12-9-19-32-20-22/h1-20H. The number of pyridine rings is 1. The fourth-order valence-corrected chi connectivity index (χ4v) is 4.99. The molecule has 0 saturated heterocycles. The first-order valence-corrected chi connectivity index (χ1v) is 11.6. The molecule has 5 aromatic rings. The van der Waals surface area contributed by atoms with E-state index in [1.807, 2.05) is 72.9 Å². The molecule has 0 aliphatic carbocycles. The van der Waals surface area contributed by atoms with Gasteiger partial charge in [0.15, 0.2) is 0 Å². The highest BCUT2D eigenvalue weighted by atomic mass is 35.5. The Kier molecular flexibility index (Phi) is 5.29. The Balaban J connectivity index is 1.56. The maximum atomic E-state index is 7.27. The molecule has 0 atom stereocenters. The summed E-state index contributed by atoms with van der Waals surface area (Å²) in [6, 6.07) is 36.8. The molecular formula is C29H20BClN2O. The SMILES string of the molecule is Clc1c(B2c3ccccc3Oc3ccccc32)cccc1N(c1ccccc1)c1cccnc1. The molecule has 6 rings (SSSR count). The summed E-state index contributed by atoms with van der Waals surface area (Å²) in [7, 11) is 0. The maximum Gasteiger partial charge on any atom is 0.252 e. The lowest BCUT2D eigenvalue weighted by atomic mass is 9.36. The molecule has 34 heavy (non-hydrogen) atoms. The van der Waals surface area contributed by atoms with Crippen LogP contribution in [0.3, 0.4) is 0 Å². The van der Waals surface area contributed by atoms with E-state index in [1.165, 1.54) is 0 Å². The number of aromatic nitrogens is 1. The van der Waals surface area contributed by atoms with Crippen molar-refractivity contribution in [3.8, 4) is 11.5 Å². The Morgan fingerprint density at radius 3 is 1.91 bits per heavy atom. The zero-order valence-electron chi connectivity index (χ0n) is 18.3. The van der Waals surface area contributed by atoms with Crippen LogP contribution < -0.4 is 26.0 Å². The van der Waals surface area contributed by atoms with Gasteiger partial charge in [-0.3, -0.25) is 4.98 Å². The van der Waals surface area contributed by atoms with Crippen LogP contribution in [0.2, 0.25) is 5.02 Å². The van der Waals surface area contributed by atoms with Gasteiger partial charge in [0, 0.05) is 11.9 Å². The third-order valence-electron chi connectivity index (χ3n) is 6.16. The predicted molar refractivity (Wildman–Crippen MR) is 142 cm³/mol. The zero-order chi connectivity index (χ0) is 22.9. The van der Waals surface area contributed by atoms with Crippen molar-refractivity contribution in [1.29, 1.82) is 0 Å². The van der Waals surface area contributed by atoms with Crippen LogP contribution in [0.1, 0.15) is 0 Å². The molecule has 5 heteroatoms. The second-order valence-corrected chi connectivity index (χ2v) is 8.55. The molecule has 0 N–H and O–H groups in total. The van der Waals surface area contributed by atoms with E-state index in [0.717, 1.165) is 44.9 Å². The van der Waals surface area contributed by atoms with E-state index < -0.39 is 0 Å². The lowest BCUT2D eigenvalue weighted by Gasteiger charge is -2.30. The first-order valence-electron chi connectivity index (χ1n) is 11.2. The number of nitrogens with zero attached hydrogens (tertiary/aromatic N) is 2. The van der Waals surface area contributed by atoms with Crippen molar-refractivity contribution in [2.75, 3.05) is 4.90 Å². The summed E-state index contributed by atoms with van der Waals surface area (Å²) in [4.78, 5) is 6.51. The van der Waals surface area contributed by atoms with E-state index >= 15 is 0 Å². The van der Waals surface area contributed by atoms with E-state index in [2.05, 4.69) is 52.3 Å². The van der Waals surface area contributed by atoms with Crippen molar-refractivity contribution in [1.82, 2.24) is 4.98 Å². The summed E-state index contributed by atoms with van der Waals surface area (Å²) < 4.78 is 6.22. The van der Waals surface area contributed by atoms with Crippen LogP contribution in [0.5, 0.6) is 11.5 Å². The molecule has 1 aromatic heterocycles. The number of ether oxygens (including phenoxy) is 1.